The maximum atomic E-state index is 6.40. The van der Waals surface area contributed by atoms with Gasteiger partial charge in [0.1, 0.15) is 5.75 Å². The lowest BCUT2D eigenvalue weighted by molar-refractivity contribution is 0.367. The number of alkyl halides is 1. The zero-order chi connectivity index (χ0) is 13.8. The standard InChI is InChI=1S/C16H25ClO/c1-12-9-10-14(18-5)13(11-12)7-6-8-15(17)16(2,3)4/h9-11,15H,6-8H2,1-5H3. The molecule has 0 aromatic heterocycles. The maximum absolute atomic E-state index is 6.40. The molecule has 1 aromatic rings. The fraction of sp³-hybridized carbons (Fsp3) is 0.625. The number of benzene rings is 1. The molecule has 0 aliphatic rings. The van der Waals surface area contributed by atoms with Crippen LogP contribution in [0.1, 0.15) is 44.7 Å². The minimum absolute atomic E-state index is 0.179. The largest absolute Gasteiger partial charge is 0.496 e. The van der Waals surface area contributed by atoms with E-state index in [0.29, 0.717) is 0 Å². The lowest BCUT2D eigenvalue weighted by Gasteiger charge is -2.25. The topological polar surface area (TPSA) is 9.23 Å². The van der Waals surface area contributed by atoms with Crippen molar-refractivity contribution in [3.05, 3.63) is 29.3 Å². The van der Waals surface area contributed by atoms with E-state index in [1.54, 1.807) is 7.11 Å². The SMILES string of the molecule is COc1ccc(C)cc1CCCC(Cl)C(C)(C)C. The van der Waals surface area contributed by atoms with Crippen molar-refractivity contribution in [2.24, 2.45) is 5.41 Å². The Hall–Kier alpha value is -0.690. The lowest BCUT2D eigenvalue weighted by Crippen LogP contribution is -2.20. The van der Waals surface area contributed by atoms with Gasteiger partial charge in [-0.25, -0.2) is 0 Å². The van der Waals surface area contributed by atoms with Crippen LogP contribution in [0.2, 0.25) is 0 Å². The molecule has 1 unspecified atom stereocenters. The van der Waals surface area contributed by atoms with Crippen LogP contribution >= 0.6 is 11.6 Å². The van der Waals surface area contributed by atoms with Gasteiger partial charge in [0.25, 0.3) is 0 Å². The number of aryl methyl sites for hydroxylation is 2. The smallest absolute Gasteiger partial charge is 0.122 e. The summed E-state index contributed by atoms with van der Waals surface area (Å²) in [5.41, 5.74) is 2.75. The van der Waals surface area contributed by atoms with Crippen LogP contribution < -0.4 is 4.74 Å². The number of rotatable bonds is 5. The van der Waals surface area contributed by atoms with E-state index >= 15 is 0 Å². The minimum Gasteiger partial charge on any atom is -0.496 e. The molecule has 0 heterocycles. The molecule has 0 fully saturated rings. The summed E-state index contributed by atoms with van der Waals surface area (Å²) in [5, 5.41) is 0.230. The summed E-state index contributed by atoms with van der Waals surface area (Å²) < 4.78 is 5.39. The Labute approximate surface area is 116 Å². The van der Waals surface area contributed by atoms with E-state index in [-0.39, 0.29) is 10.8 Å². The van der Waals surface area contributed by atoms with Crippen LogP contribution in [0.4, 0.5) is 0 Å². The van der Waals surface area contributed by atoms with E-state index in [4.69, 9.17) is 16.3 Å². The van der Waals surface area contributed by atoms with Crippen molar-refractivity contribution in [2.75, 3.05) is 7.11 Å². The molecule has 0 saturated heterocycles. The molecular weight excluding hydrogens is 244 g/mol. The normalized spacial score (nSPS) is 13.4. The fourth-order valence-corrected chi connectivity index (χ4v) is 2.16. The maximum Gasteiger partial charge on any atom is 0.122 e. The van der Waals surface area contributed by atoms with Gasteiger partial charge in [0.05, 0.1) is 7.11 Å². The molecule has 0 bridgehead atoms. The number of hydrogen-bond acceptors (Lipinski definition) is 1. The Balaban J connectivity index is 2.56. The molecule has 0 N–H and O–H groups in total. The molecule has 1 nitrogen and oxygen atoms in total. The second-order valence-corrected chi connectivity index (χ2v) is 6.57. The quantitative estimate of drug-likeness (QED) is 0.685. The Morgan fingerprint density at radius 3 is 2.50 bits per heavy atom. The molecule has 2 heteroatoms. The number of hydrogen-bond donors (Lipinski definition) is 0. The van der Waals surface area contributed by atoms with Crippen LogP contribution in [-0.2, 0) is 6.42 Å². The van der Waals surface area contributed by atoms with E-state index in [0.717, 1.165) is 25.0 Å². The van der Waals surface area contributed by atoms with Gasteiger partial charge in [-0.3, -0.25) is 0 Å². The molecule has 0 aliphatic carbocycles. The van der Waals surface area contributed by atoms with E-state index in [2.05, 4.69) is 39.8 Å². The number of halogens is 1. The van der Waals surface area contributed by atoms with Crippen molar-refractivity contribution in [1.29, 1.82) is 0 Å². The summed E-state index contributed by atoms with van der Waals surface area (Å²) in [4.78, 5) is 0. The van der Waals surface area contributed by atoms with Crippen LogP contribution in [0.3, 0.4) is 0 Å². The monoisotopic (exact) mass is 268 g/mol. The van der Waals surface area contributed by atoms with Crippen molar-refractivity contribution in [3.63, 3.8) is 0 Å². The van der Waals surface area contributed by atoms with Crippen LogP contribution in [0, 0.1) is 12.3 Å². The Bertz CT molecular complexity index is 379. The predicted octanol–water partition coefficient (Wildman–Crippen LogP) is 4.98. The zero-order valence-electron chi connectivity index (χ0n) is 12.2. The highest BCUT2D eigenvalue weighted by atomic mass is 35.5. The second-order valence-electron chi connectivity index (χ2n) is 6.04. The van der Waals surface area contributed by atoms with Crippen molar-refractivity contribution >= 4 is 11.6 Å². The third-order valence-corrected chi connectivity index (χ3v) is 4.15. The zero-order valence-corrected chi connectivity index (χ0v) is 13.0. The lowest BCUT2D eigenvalue weighted by atomic mass is 9.88. The Kier molecular flexibility index (Phi) is 5.52. The molecule has 1 rings (SSSR count). The summed E-state index contributed by atoms with van der Waals surface area (Å²) in [6, 6.07) is 6.34. The van der Waals surface area contributed by atoms with Gasteiger partial charge in [0.2, 0.25) is 0 Å². The summed E-state index contributed by atoms with van der Waals surface area (Å²) >= 11 is 6.40. The highest BCUT2D eigenvalue weighted by molar-refractivity contribution is 6.21. The minimum atomic E-state index is 0.179. The van der Waals surface area contributed by atoms with Crippen molar-refractivity contribution in [3.8, 4) is 5.75 Å². The van der Waals surface area contributed by atoms with Gasteiger partial charge in [0, 0.05) is 5.38 Å². The molecular formula is C16H25ClO. The average molecular weight is 269 g/mol. The first kappa shape index (κ1) is 15.4. The van der Waals surface area contributed by atoms with Crippen LogP contribution in [0.5, 0.6) is 5.75 Å². The first-order chi connectivity index (χ1) is 8.34. The molecule has 1 atom stereocenters. The molecule has 0 radical (unpaired) electrons. The van der Waals surface area contributed by atoms with E-state index in [1.807, 2.05) is 6.07 Å². The van der Waals surface area contributed by atoms with E-state index in [9.17, 15) is 0 Å². The van der Waals surface area contributed by atoms with E-state index < -0.39 is 0 Å². The summed E-state index contributed by atoms with van der Waals surface area (Å²) in [7, 11) is 1.73. The molecule has 0 spiro atoms. The van der Waals surface area contributed by atoms with Gasteiger partial charge in [-0.15, -0.1) is 11.6 Å². The van der Waals surface area contributed by atoms with Crippen LogP contribution in [0.15, 0.2) is 18.2 Å². The Morgan fingerprint density at radius 2 is 1.94 bits per heavy atom. The third-order valence-electron chi connectivity index (χ3n) is 3.28. The fourth-order valence-electron chi connectivity index (χ4n) is 2.01. The molecule has 102 valence electrons. The second kappa shape index (κ2) is 6.47. The summed E-state index contributed by atoms with van der Waals surface area (Å²) in [5.74, 6) is 0.988. The summed E-state index contributed by atoms with van der Waals surface area (Å²) in [6.45, 7) is 8.69. The highest BCUT2D eigenvalue weighted by Crippen LogP contribution is 2.29. The first-order valence-electron chi connectivity index (χ1n) is 6.62. The molecule has 1 aromatic carbocycles. The van der Waals surface area contributed by atoms with Crippen molar-refractivity contribution in [1.82, 2.24) is 0 Å². The van der Waals surface area contributed by atoms with Crippen molar-refractivity contribution < 1.29 is 4.74 Å². The van der Waals surface area contributed by atoms with Gasteiger partial charge in [-0.05, 0) is 43.2 Å². The summed E-state index contributed by atoms with van der Waals surface area (Å²) in [6.07, 6.45) is 3.18. The Morgan fingerprint density at radius 1 is 1.28 bits per heavy atom. The van der Waals surface area contributed by atoms with Crippen LogP contribution in [-0.4, -0.2) is 12.5 Å². The van der Waals surface area contributed by atoms with Gasteiger partial charge in [-0.2, -0.15) is 0 Å². The molecule has 0 amide bonds. The average Bonchev–Trinajstić information content (AvgIpc) is 2.28. The predicted molar refractivity (Wildman–Crippen MR) is 79.8 cm³/mol. The third kappa shape index (κ3) is 4.53. The number of ether oxygens (including phenoxy) is 1. The molecule has 0 aliphatic heterocycles. The van der Waals surface area contributed by atoms with Gasteiger partial charge >= 0.3 is 0 Å². The van der Waals surface area contributed by atoms with Gasteiger partial charge in [-0.1, -0.05) is 38.5 Å². The van der Waals surface area contributed by atoms with E-state index in [1.165, 1.54) is 11.1 Å². The molecule has 18 heavy (non-hydrogen) atoms. The first-order valence-corrected chi connectivity index (χ1v) is 7.06. The van der Waals surface area contributed by atoms with Gasteiger partial charge < -0.3 is 4.74 Å². The van der Waals surface area contributed by atoms with Gasteiger partial charge in [0.15, 0.2) is 0 Å². The van der Waals surface area contributed by atoms with Crippen LogP contribution in [0.25, 0.3) is 0 Å². The molecule has 0 saturated carbocycles. The van der Waals surface area contributed by atoms with Crippen molar-refractivity contribution in [2.45, 2.75) is 52.3 Å². The number of methoxy groups -OCH3 is 1. The highest BCUT2D eigenvalue weighted by Gasteiger charge is 2.21.